The molecule has 3 heteroatoms. The van der Waals surface area contributed by atoms with Crippen LogP contribution in [0, 0.1) is 23.7 Å². The number of ether oxygens (including phenoxy) is 3. The van der Waals surface area contributed by atoms with Crippen molar-refractivity contribution in [3.8, 4) is 0 Å². The second-order valence-corrected chi connectivity index (χ2v) is 6.42. The molecular formula is C16H28O3. The van der Waals surface area contributed by atoms with Crippen molar-refractivity contribution in [3.63, 3.8) is 0 Å². The first-order valence-corrected chi connectivity index (χ1v) is 7.54. The molecule has 0 bridgehead atoms. The average Bonchev–Trinajstić information content (AvgIpc) is 2.37. The van der Waals surface area contributed by atoms with E-state index in [4.69, 9.17) is 14.2 Å². The fourth-order valence-electron chi connectivity index (χ4n) is 3.07. The summed E-state index contributed by atoms with van der Waals surface area (Å²) in [5, 5.41) is 0. The molecule has 8 atom stereocenters. The van der Waals surface area contributed by atoms with E-state index in [1.807, 2.05) is 0 Å². The Labute approximate surface area is 117 Å². The third-order valence-corrected chi connectivity index (χ3v) is 5.12. The molecule has 0 radical (unpaired) electrons. The molecule has 8 unspecified atom stereocenters. The van der Waals surface area contributed by atoms with E-state index in [9.17, 15) is 0 Å². The highest BCUT2D eigenvalue weighted by molar-refractivity contribution is 4.94. The Morgan fingerprint density at radius 3 is 2.16 bits per heavy atom. The zero-order valence-corrected chi connectivity index (χ0v) is 13.0. The summed E-state index contributed by atoms with van der Waals surface area (Å²) < 4.78 is 17.9. The summed E-state index contributed by atoms with van der Waals surface area (Å²) in [4.78, 5) is 0. The largest absolute Gasteiger partial charge is 0.496 e. The van der Waals surface area contributed by atoms with Crippen molar-refractivity contribution in [3.05, 3.63) is 12.3 Å². The van der Waals surface area contributed by atoms with E-state index in [1.54, 1.807) is 6.26 Å². The monoisotopic (exact) mass is 268 g/mol. The van der Waals surface area contributed by atoms with Gasteiger partial charge in [-0.3, -0.25) is 0 Å². The molecule has 2 rings (SSSR count). The normalized spacial score (nSPS) is 50.8. The molecule has 2 heterocycles. The van der Waals surface area contributed by atoms with Crippen LogP contribution in [-0.4, -0.2) is 24.6 Å². The Hall–Kier alpha value is -0.540. The van der Waals surface area contributed by atoms with E-state index >= 15 is 0 Å². The first-order chi connectivity index (χ1) is 8.91. The van der Waals surface area contributed by atoms with Crippen LogP contribution in [-0.2, 0) is 14.2 Å². The molecule has 1 saturated heterocycles. The van der Waals surface area contributed by atoms with Crippen LogP contribution in [0.1, 0.15) is 41.5 Å². The van der Waals surface area contributed by atoms with Gasteiger partial charge in [-0.2, -0.15) is 0 Å². The van der Waals surface area contributed by atoms with Crippen LogP contribution in [0.5, 0.6) is 0 Å². The average molecular weight is 268 g/mol. The lowest BCUT2D eigenvalue weighted by molar-refractivity contribution is -0.275. The summed E-state index contributed by atoms with van der Waals surface area (Å²) in [6.45, 7) is 13.2. The molecule has 0 aromatic rings. The first kappa shape index (κ1) is 14.9. The maximum atomic E-state index is 6.26. The summed E-state index contributed by atoms with van der Waals surface area (Å²) in [7, 11) is 0. The van der Waals surface area contributed by atoms with E-state index in [-0.39, 0.29) is 24.6 Å². The van der Waals surface area contributed by atoms with Gasteiger partial charge in [-0.1, -0.05) is 27.7 Å². The van der Waals surface area contributed by atoms with Crippen molar-refractivity contribution < 1.29 is 14.2 Å². The third kappa shape index (κ3) is 2.97. The fourth-order valence-corrected chi connectivity index (χ4v) is 3.07. The second kappa shape index (κ2) is 5.84. The highest BCUT2D eigenvalue weighted by atomic mass is 16.7. The van der Waals surface area contributed by atoms with Gasteiger partial charge in [0.1, 0.15) is 12.2 Å². The van der Waals surface area contributed by atoms with Crippen molar-refractivity contribution in [1.82, 2.24) is 0 Å². The van der Waals surface area contributed by atoms with Crippen LogP contribution in [0.25, 0.3) is 0 Å². The van der Waals surface area contributed by atoms with Gasteiger partial charge in [0, 0.05) is 11.8 Å². The first-order valence-electron chi connectivity index (χ1n) is 7.54. The Balaban J connectivity index is 2.03. The highest BCUT2D eigenvalue weighted by Gasteiger charge is 2.40. The van der Waals surface area contributed by atoms with Gasteiger partial charge in [0.15, 0.2) is 6.29 Å². The Morgan fingerprint density at radius 1 is 0.842 bits per heavy atom. The van der Waals surface area contributed by atoms with Gasteiger partial charge >= 0.3 is 0 Å². The molecule has 19 heavy (non-hydrogen) atoms. The summed E-state index contributed by atoms with van der Waals surface area (Å²) in [5.41, 5.74) is 0. The lowest BCUT2D eigenvalue weighted by atomic mass is 9.79. The number of hydrogen-bond donors (Lipinski definition) is 0. The molecule has 0 saturated carbocycles. The quantitative estimate of drug-likeness (QED) is 0.766. The van der Waals surface area contributed by atoms with Gasteiger partial charge in [0.2, 0.25) is 0 Å². The fraction of sp³-hybridized carbons (Fsp3) is 0.875. The standard InChI is InChI=1S/C16H28O3/c1-9-7-8-17-14(6)15(9)19-16-12(4)10(2)11(3)13(5)18-16/h7-16H,1-6H3. The molecule has 0 N–H and O–H groups in total. The summed E-state index contributed by atoms with van der Waals surface area (Å²) in [6, 6.07) is 0. The number of hydrogen-bond acceptors (Lipinski definition) is 3. The van der Waals surface area contributed by atoms with E-state index in [1.165, 1.54) is 0 Å². The van der Waals surface area contributed by atoms with E-state index in [0.717, 1.165) is 0 Å². The molecule has 2 aliphatic heterocycles. The highest BCUT2D eigenvalue weighted by Crippen LogP contribution is 2.37. The van der Waals surface area contributed by atoms with E-state index in [2.05, 4.69) is 47.6 Å². The van der Waals surface area contributed by atoms with Gasteiger partial charge in [-0.05, 0) is 31.8 Å². The molecule has 3 nitrogen and oxygen atoms in total. The van der Waals surface area contributed by atoms with Gasteiger partial charge < -0.3 is 14.2 Å². The van der Waals surface area contributed by atoms with Crippen LogP contribution >= 0.6 is 0 Å². The molecule has 0 aromatic heterocycles. The molecular weight excluding hydrogens is 240 g/mol. The maximum Gasteiger partial charge on any atom is 0.161 e. The van der Waals surface area contributed by atoms with Crippen LogP contribution in [0.15, 0.2) is 12.3 Å². The van der Waals surface area contributed by atoms with E-state index in [0.29, 0.717) is 23.7 Å². The van der Waals surface area contributed by atoms with Gasteiger partial charge in [-0.15, -0.1) is 0 Å². The van der Waals surface area contributed by atoms with Crippen molar-refractivity contribution >= 4 is 0 Å². The van der Waals surface area contributed by atoms with Gasteiger partial charge in [0.05, 0.1) is 12.4 Å². The van der Waals surface area contributed by atoms with E-state index < -0.39 is 0 Å². The lowest BCUT2D eigenvalue weighted by Crippen LogP contribution is -2.48. The van der Waals surface area contributed by atoms with Crippen LogP contribution < -0.4 is 0 Å². The van der Waals surface area contributed by atoms with Crippen LogP contribution in [0.4, 0.5) is 0 Å². The van der Waals surface area contributed by atoms with Crippen molar-refractivity contribution in [2.45, 2.75) is 66.1 Å². The molecule has 110 valence electrons. The molecule has 1 fully saturated rings. The molecule has 0 spiro atoms. The Kier molecular flexibility index (Phi) is 4.57. The smallest absolute Gasteiger partial charge is 0.161 e. The minimum Gasteiger partial charge on any atom is -0.496 e. The molecule has 0 aliphatic carbocycles. The summed E-state index contributed by atoms with van der Waals surface area (Å²) in [6.07, 6.45) is 4.14. The van der Waals surface area contributed by atoms with Crippen molar-refractivity contribution in [1.29, 1.82) is 0 Å². The lowest BCUT2D eigenvalue weighted by Gasteiger charge is -2.44. The molecule has 0 aromatic carbocycles. The topological polar surface area (TPSA) is 27.7 Å². The SMILES string of the molecule is CC1C=COC(C)C1OC1OC(C)C(C)C(C)C1C. The molecule has 0 amide bonds. The predicted molar refractivity (Wildman–Crippen MR) is 75.6 cm³/mol. The molecule has 2 aliphatic rings. The predicted octanol–water partition coefficient (Wildman–Crippen LogP) is 3.59. The minimum absolute atomic E-state index is 0.0743. The van der Waals surface area contributed by atoms with Crippen molar-refractivity contribution in [2.24, 2.45) is 23.7 Å². The summed E-state index contributed by atoms with van der Waals surface area (Å²) in [5.74, 6) is 1.97. The third-order valence-electron chi connectivity index (χ3n) is 5.12. The minimum atomic E-state index is -0.119. The van der Waals surface area contributed by atoms with Crippen molar-refractivity contribution in [2.75, 3.05) is 0 Å². The zero-order valence-electron chi connectivity index (χ0n) is 13.0. The summed E-state index contributed by atoms with van der Waals surface area (Å²) >= 11 is 0. The van der Waals surface area contributed by atoms with Crippen LogP contribution in [0.2, 0.25) is 0 Å². The Bertz CT molecular complexity index is 328. The van der Waals surface area contributed by atoms with Crippen LogP contribution in [0.3, 0.4) is 0 Å². The second-order valence-electron chi connectivity index (χ2n) is 6.42. The number of rotatable bonds is 2. The zero-order chi connectivity index (χ0) is 14.2. The van der Waals surface area contributed by atoms with Gasteiger partial charge in [-0.25, -0.2) is 0 Å². The Morgan fingerprint density at radius 2 is 1.53 bits per heavy atom. The van der Waals surface area contributed by atoms with Gasteiger partial charge in [0.25, 0.3) is 0 Å². The maximum absolute atomic E-state index is 6.26.